The van der Waals surface area contributed by atoms with Crippen molar-refractivity contribution in [3.63, 3.8) is 0 Å². The van der Waals surface area contributed by atoms with Crippen molar-refractivity contribution in [3.05, 3.63) is 77.4 Å². The second kappa shape index (κ2) is 8.19. The van der Waals surface area contributed by atoms with E-state index in [0.29, 0.717) is 10.8 Å². The number of anilines is 1. The molecule has 0 unspecified atom stereocenters. The van der Waals surface area contributed by atoms with Crippen molar-refractivity contribution in [1.82, 2.24) is 9.78 Å². The Morgan fingerprint density at radius 1 is 1.12 bits per heavy atom. The van der Waals surface area contributed by atoms with Gasteiger partial charge in [0.25, 0.3) is 0 Å². The maximum atomic E-state index is 12.9. The van der Waals surface area contributed by atoms with E-state index in [1.165, 1.54) is 5.56 Å². The molecule has 0 aliphatic heterocycles. The zero-order valence-electron chi connectivity index (χ0n) is 15.0. The summed E-state index contributed by atoms with van der Waals surface area (Å²) >= 11 is 6.23. The van der Waals surface area contributed by atoms with Crippen molar-refractivity contribution in [3.8, 4) is 5.69 Å². The van der Waals surface area contributed by atoms with Crippen LogP contribution in [0, 0.1) is 5.92 Å². The normalized spacial score (nSPS) is 12.0. The molecule has 0 N–H and O–H groups in total. The number of nitrogens with zero attached hydrogens (tertiary/aromatic N) is 3. The fraction of sp³-hybridized carbons (Fsp3) is 0.238. The van der Waals surface area contributed by atoms with Gasteiger partial charge in [-0.15, -0.1) is 5.10 Å². The minimum Gasteiger partial charge on any atom is -0.298 e. The summed E-state index contributed by atoms with van der Waals surface area (Å²) in [6, 6.07) is 19.4. The van der Waals surface area contributed by atoms with E-state index >= 15 is 0 Å². The molecule has 0 aliphatic carbocycles. The van der Waals surface area contributed by atoms with Gasteiger partial charge in [-0.3, -0.25) is 9.69 Å². The standard InChI is InChI=1S/C21H22ClN3O/c1-3-17(15-16-9-5-4-6-10-16)21(26)24(2)20-13-14-25(23-20)19-12-8-7-11-18(19)22/h4-14,17H,3,15H2,1-2H3/t17-/m1/s1. The van der Waals surface area contributed by atoms with E-state index in [2.05, 4.69) is 17.2 Å². The van der Waals surface area contributed by atoms with Crippen LogP contribution in [-0.4, -0.2) is 22.7 Å². The number of carbonyl (C=O) groups excluding carboxylic acids is 1. The summed E-state index contributed by atoms with van der Waals surface area (Å²) in [6.07, 6.45) is 3.33. The molecule has 0 fully saturated rings. The molecule has 1 heterocycles. The molecular weight excluding hydrogens is 346 g/mol. The van der Waals surface area contributed by atoms with Gasteiger partial charge < -0.3 is 0 Å². The van der Waals surface area contributed by atoms with Crippen molar-refractivity contribution in [2.75, 3.05) is 11.9 Å². The number of rotatable bonds is 6. The van der Waals surface area contributed by atoms with E-state index in [-0.39, 0.29) is 11.8 Å². The van der Waals surface area contributed by atoms with Gasteiger partial charge in [0, 0.05) is 25.2 Å². The highest BCUT2D eigenvalue weighted by Gasteiger charge is 2.23. The van der Waals surface area contributed by atoms with Gasteiger partial charge in [0.15, 0.2) is 5.82 Å². The first kappa shape index (κ1) is 18.2. The predicted octanol–water partition coefficient (Wildman–Crippen LogP) is 4.76. The van der Waals surface area contributed by atoms with E-state index in [1.807, 2.05) is 61.7 Å². The Bertz CT molecular complexity index is 876. The van der Waals surface area contributed by atoms with Crippen LogP contribution in [-0.2, 0) is 11.2 Å². The van der Waals surface area contributed by atoms with Crippen LogP contribution >= 0.6 is 11.6 Å². The van der Waals surface area contributed by atoms with E-state index in [9.17, 15) is 4.79 Å². The highest BCUT2D eigenvalue weighted by Crippen LogP contribution is 2.22. The summed E-state index contributed by atoms with van der Waals surface area (Å²) in [5, 5.41) is 5.14. The van der Waals surface area contributed by atoms with Crippen LogP contribution in [0.15, 0.2) is 66.9 Å². The lowest BCUT2D eigenvalue weighted by atomic mass is 9.95. The van der Waals surface area contributed by atoms with Gasteiger partial charge >= 0.3 is 0 Å². The van der Waals surface area contributed by atoms with Gasteiger partial charge in [-0.05, 0) is 30.5 Å². The second-order valence-electron chi connectivity index (χ2n) is 6.26. The maximum Gasteiger partial charge on any atom is 0.231 e. The summed E-state index contributed by atoms with van der Waals surface area (Å²) in [7, 11) is 1.77. The molecule has 0 aliphatic rings. The van der Waals surface area contributed by atoms with Crippen LogP contribution in [0.3, 0.4) is 0 Å². The highest BCUT2D eigenvalue weighted by atomic mass is 35.5. The first-order chi connectivity index (χ1) is 12.6. The number of amides is 1. The van der Waals surface area contributed by atoms with Crippen molar-refractivity contribution in [2.24, 2.45) is 5.92 Å². The molecule has 0 radical (unpaired) electrons. The molecule has 0 bridgehead atoms. The van der Waals surface area contributed by atoms with Crippen molar-refractivity contribution in [1.29, 1.82) is 0 Å². The molecule has 4 nitrogen and oxygen atoms in total. The molecule has 0 saturated carbocycles. The summed E-state index contributed by atoms with van der Waals surface area (Å²) in [4.78, 5) is 14.6. The van der Waals surface area contributed by atoms with Gasteiger partial charge in [0.1, 0.15) is 0 Å². The molecular formula is C21H22ClN3O. The number of para-hydroxylation sites is 1. The average Bonchev–Trinajstić information content (AvgIpc) is 3.16. The van der Waals surface area contributed by atoms with Crippen molar-refractivity contribution < 1.29 is 4.79 Å². The number of halogens is 1. The van der Waals surface area contributed by atoms with Crippen molar-refractivity contribution in [2.45, 2.75) is 19.8 Å². The van der Waals surface area contributed by atoms with E-state index in [0.717, 1.165) is 18.5 Å². The molecule has 0 saturated heterocycles. The fourth-order valence-electron chi connectivity index (χ4n) is 2.96. The van der Waals surface area contributed by atoms with Gasteiger partial charge in [-0.2, -0.15) is 0 Å². The Labute approximate surface area is 159 Å². The number of carbonyl (C=O) groups is 1. The zero-order valence-corrected chi connectivity index (χ0v) is 15.7. The minimum absolute atomic E-state index is 0.0701. The second-order valence-corrected chi connectivity index (χ2v) is 6.67. The summed E-state index contributed by atoms with van der Waals surface area (Å²) < 4.78 is 1.69. The first-order valence-electron chi connectivity index (χ1n) is 8.72. The Kier molecular flexibility index (Phi) is 5.74. The van der Waals surface area contributed by atoms with Gasteiger partial charge in [0.2, 0.25) is 5.91 Å². The van der Waals surface area contributed by atoms with Crippen molar-refractivity contribution >= 4 is 23.3 Å². The molecule has 1 amide bonds. The van der Waals surface area contributed by atoms with Crippen LogP contribution in [0.1, 0.15) is 18.9 Å². The molecule has 1 aromatic heterocycles. The van der Waals surface area contributed by atoms with Crippen LogP contribution < -0.4 is 4.90 Å². The molecule has 2 aromatic carbocycles. The fourth-order valence-corrected chi connectivity index (χ4v) is 3.18. The lowest BCUT2D eigenvalue weighted by molar-refractivity contribution is -0.122. The van der Waals surface area contributed by atoms with Gasteiger partial charge in [0.05, 0.1) is 10.7 Å². The molecule has 3 aromatic rings. The predicted molar refractivity (Wildman–Crippen MR) is 106 cm³/mol. The van der Waals surface area contributed by atoms with Gasteiger partial charge in [-0.1, -0.05) is 61.0 Å². The molecule has 0 spiro atoms. The molecule has 26 heavy (non-hydrogen) atoms. The SMILES string of the molecule is CC[C@H](Cc1ccccc1)C(=O)N(C)c1ccn(-c2ccccc2Cl)n1. The lowest BCUT2D eigenvalue weighted by Crippen LogP contribution is -2.34. The van der Waals surface area contributed by atoms with Gasteiger partial charge in [-0.25, -0.2) is 4.68 Å². The number of hydrogen-bond donors (Lipinski definition) is 0. The smallest absolute Gasteiger partial charge is 0.231 e. The third kappa shape index (κ3) is 3.97. The molecule has 3 rings (SSSR count). The number of hydrogen-bond acceptors (Lipinski definition) is 2. The Morgan fingerprint density at radius 2 is 1.81 bits per heavy atom. The monoisotopic (exact) mass is 367 g/mol. The summed E-state index contributed by atoms with van der Waals surface area (Å²) in [5.74, 6) is 0.607. The highest BCUT2D eigenvalue weighted by molar-refractivity contribution is 6.32. The Balaban J connectivity index is 1.77. The largest absolute Gasteiger partial charge is 0.298 e. The topological polar surface area (TPSA) is 38.1 Å². The summed E-state index contributed by atoms with van der Waals surface area (Å²) in [6.45, 7) is 2.04. The Hall–Kier alpha value is -2.59. The zero-order chi connectivity index (χ0) is 18.5. The van der Waals surface area contributed by atoms with E-state index in [4.69, 9.17) is 11.6 Å². The van der Waals surface area contributed by atoms with Crippen LogP contribution in [0.5, 0.6) is 0 Å². The van der Waals surface area contributed by atoms with E-state index in [1.54, 1.807) is 16.6 Å². The third-order valence-electron chi connectivity index (χ3n) is 4.52. The minimum atomic E-state index is -0.0761. The number of aromatic nitrogens is 2. The van der Waals surface area contributed by atoms with Crippen LogP contribution in [0.4, 0.5) is 5.82 Å². The van der Waals surface area contributed by atoms with Crippen LogP contribution in [0.25, 0.3) is 5.69 Å². The quantitative estimate of drug-likeness (QED) is 0.630. The number of benzene rings is 2. The first-order valence-corrected chi connectivity index (χ1v) is 9.10. The lowest BCUT2D eigenvalue weighted by Gasteiger charge is -2.21. The summed E-state index contributed by atoms with van der Waals surface area (Å²) in [5.41, 5.74) is 1.96. The maximum absolute atomic E-state index is 12.9. The third-order valence-corrected chi connectivity index (χ3v) is 4.84. The molecule has 5 heteroatoms. The Morgan fingerprint density at radius 3 is 2.50 bits per heavy atom. The van der Waals surface area contributed by atoms with Crippen LogP contribution in [0.2, 0.25) is 5.02 Å². The average molecular weight is 368 g/mol. The molecule has 134 valence electrons. The van der Waals surface area contributed by atoms with E-state index < -0.39 is 0 Å². The molecule has 1 atom stereocenters.